The third kappa shape index (κ3) is 3.47. The van der Waals surface area contributed by atoms with Gasteiger partial charge in [0.15, 0.2) is 0 Å². The van der Waals surface area contributed by atoms with Gasteiger partial charge < -0.3 is 15.5 Å². The Hall–Kier alpha value is -1.68. The van der Waals surface area contributed by atoms with E-state index in [9.17, 15) is 0 Å². The average molecular weight is 221 g/mol. The number of hydrogen-bond donors (Lipinski definition) is 2. The van der Waals surface area contributed by atoms with Crippen molar-refractivity contribution in [2.24, 2.45) is 11.6 Å². The van der Waals surface area contributed by atoms with Gasteiger partial charge in [0.05, 0.1) is 12.8 Å². The molecule has 0 unspecified atom stereocenters. The molecule has 0 saturated carbocycles. The lowest BCUT2D eigenvalue weighted by molar-refractivity contribution is 0.394. The molecule has 0 aliphatic rings. The number of nitrogens with two attached hydrogens (primary N) is 2. The molecule has 0 amide bonds. The van der Waals surface area contributed by atoms with Gasteiger partial charge in [0.25, 0.3) is 0 Å². The van der Waals surface area contributed by atoms with E-state index in [0.29, 0.717) is 5.70 Å². The second-order valence-electron chi connectivity index (χ2n) is 3.55. The van der Waals surface area contributed by atoms with Crippen LogP contribution in [0.25, 0.3) is 5.70 Å². The second kappa shape index (κ2) is 6.02. The highest BCUT2D eigenvalue weighted by molar-refractivity contribution is 5.63. The van der Waals surface area contributed by atoms with Crippen molar-refractivity contribution in [1.82, 2.24) is 5.01 Å². The van der Waals surface area contributed by atoms with Gasteiger partial charge >= 0.3 is 0 Å². The summed E-state index contributed by atoms with van der Waals surface area (Å²) in [5.74, 6) is 6.52. The van der Waals surface area contributed by atoms with Gasteiger partial charge in [-0.05, 0) is 18.6 Å². The van der Waals surface area contributed by atoms with E-state index >= 15 is 0 Å². The Morgan fingerprint density at radius 2 is 2.25 bits per heavy atom. The van der Waals surface area contributed by atoms with Crippen molar-refractivity contribution in [3.63, 3.8) is 0 Å². The van der Waals surface area contributed by atoms with E-state index in [1.54, 1.807) is 18.3 Å². The highest BCUT2D eigenvalue weighted by Crippen LogP contribution is 2.16. The lowest BCUT2D eigenvalue weighted by Crippen LogP contribution is -2.26. The molecule has 0 saturated heterocycles. The van der Waals surface area contributed by atoms with Gasteiger partial charge in [0.2, 0.25) is 0 Å². The maximum atomic E-state index is 5.93. The van der Waals surface area contributed by atoms with Crippen LogP contribution in [0.2, 0.25) is 0 Å². The van der Waals surface area contributed by atoms with Crippen LogP contribution in [0.3, 0.4) is 0 Å². The van der Waals surface area contributed by atoms with Gasteiger partial charge in [-0.3, -0.25) is 0 Å². The lowest BCUT2D eigenvalue weighted by Gasteiger charge is -2.13. The molecule has 0 aromatic heterocycles. The zero-order valence-corrected chi connectivity index (χ0v) is 9.81. The fourth-order valence-electron chi connectivity index (χ4n) is 1.38. The Labute approximate surface area is 96.5 Å². The Kier molecular flexibility index (Phi) is 4.66. The molecule has 4 N–H and O–H groups in total. The molecule has 0 heterocycles. The molecule has 0 spiro atoms. The lowest BCUT2D eigenvalue weighted by atomic mass is 10.1. The molecule has 0 bridgehead atoms. The summed E-state index contributed by atoms with van der Waals surface area (Å²) in [6, 6.07) is 7.58. The minimum atomic E-state index is 0.634. The molecule has 0 fully saturated rings. The minimum Gasteiger partial charge on any atom is -0.497 e. The zero-order chi connectivity index (χ0) is 12.0. The first kappa shape index (κ1) is 12.4. The normalized spacial score (nSPS) is 11.3. The fraction of sp³-hybridized carbons (Fsp3) is 0.333. The molecule has 0 atom stereocenters. The monoisotopic (exact) mass is 221 g/mol. The number of nitrogens with zero attached hydrogens (tertiary/aromatic N) is 1. The van der Waals surface area contributed by atoms with Gasteiger partial charge in [0, 0.05) is 18.3 Å². The van der Waals surface area contributed by atoms with E-state index in [0.717, 1.165) is 24.3 Å². The molecule has 1 rings (SSSR count). The maximum absolute atomic E-state index is 5.93. The Balaban J connectivity index is 2.82. The van der Waals surface area contributed by atoms with Crippen molar-refractivity contribution >= 4 is 5.70 Å². The Bertz CT molecular complexity index is 363. The van der Waals surface area contributed by atoms with Crippen LogP contribution in [-0.4, -0.2) is 18.7 Å². The van der Waals surface area contributed by atoms with Gasteiger partial charge in [-0.2, -0.15) is 0 Å². The van der Waals surface area contributed by atoms with Crippen LogP contribution in [-0.2, 0) is 0 Å². The van der Waals surface area contributed by atoms with Crippen molar-refractivity contribution in [2.45, 2.75) is 13.3 Å². The summed E-state index contributed by atoms with van der Waals surface area (Å²) in [4.78, 5) is 0. The third-order valence-corrected chi connectivity index (χ3v) is 2.19. The first-order chi connectivity index (χ1) is 7.67. The molecule has 0 radical (unpaired) electrons. The van der Waals surface area contributed by atoms with Crippen LogP contribution < -0.4 is 16.3 Å². The van der Waals surface area contributed by atoms with Crippen LogP contribution >= 0.6 is 0 Å². The second-order valence-corrected chi connectivity index (χ2v) is 3.55. The van der Waals surface area contributed by atoms with Crippen LogP contribution in [0.4, 0.5) is 0 Å². The van der Waals surface area contributed by atoms with Crippen molar-refractivity contribution in [3.05, 3.63) is 36.0 Å². The van der Waals surface area contributed by atoms with Crippen molar-refractivity contribution < 1.29 is 4.74 Å². The molecule has 88 valence electrons. The fourth-order valence-corrected chi connectivity index (χ4v) is 1.38. The summed E-state index contributed by atoms with van der Waals surface area (Å²) < 4.78 is 5.13. The minimum absolute atomic E-state index is 0.634. The molecule has 1 aromatic carbocycles. The summed E-state index contributed by atoms with van der Waals surface area (Å²) in [5.41, 5.74) is 7.48. The predicted molar refractivity (Wildman–Crippen MR) is 66.3 cm³/mol. The molecular formula is C12H19N3O. The number of hydrogen-bond acceptors (Lipinski definition) is 4. The predicted octanol–water partition coefficient (Wildman–Crippen LogP) is 1.54. The highest BCUT2D eigenvalue weighted by Gasteiger charge is 2.00. The van der Waals surface area contributed by atoms with E-state index in [1.165, 1.54) is 0 Å². The Morgan fingerprint density at radius 1 is 1.50 bits per heavy atom. The summed E-state index contributed by atoms with van der Waals surface area (Å²) in [6.07, 6.45) is 2.72. The molecule has 0 aliphatic heterocycles. The SMILES string of the molecule is CCCN(N)/C=C(\N)c1cccc(OC)c1. The molecular weight excluding hydrogens is 202 g/mol. The smallest absolute Gasteiger partial charge is 0.119 e. The number of rotatable bonds is 5. The summed E-state index contributed by atoms with van der Waals surface area (Å²) >= 11 is 0. The summed E-state index contributed by atoms with van der Waals surface area (Å²) in [5, 5.41) is 1.59. The van der Waals surface area contributed by atoms with Crippen molar-refractivity contribution in [2.75, 3.05) is 13.7 Å². The molecule has 4 heteroatoms. The van der Waals surface area contributed by atoms with Crippen LogP contribution in [0, 0.1) is 0 Å². The van der Waals surface area contributed by atoms with E-state index in [2.05, 4.69) is 6.92 Å². The van der Waals surface area contributed by atoms with Gasteiger partial charge in [-0.1, -0.05) is 19.1 Å². The quantitative estimate of drug-likeness (QED) is 0.584. The van der Waals surface area contributed by atoms with E-state index < -0.39 is 0 Å². The zero-order valence-electron chi connectivity index (χ0n) is 9.81. The van der Waals surface area contributed by atoms with Crippen LogP contribution in [0.5, 0.6) is 5.75 Å². The molecule has 1 aromatic rings. The number of methoxy groups -OCH3 is 1. The van der Waals surface area contributed by atoms with Crippen molar-refractivity contribution in [1.29, 1.82) is 0 Å². The number of hydrazine groups is 1. The van der Waals surface area contributed by atoms with Gasteiger partial charge in [-0.25, -0.2) is 5.84 Å². The molecule has 4 nitrogen and oxygen atoms in total. The van der Waals surface area contributed by atoms with E-state index in [-0.39, 0.29) is 0 Å². The van der Waals surface area contributed by atoms with Crippen molar-refractivity contribution in [3.8, 4) is 5.75 Å². The molecule has 0 aliphatic carbocycles. The number of benzene rings is 1. The third-order valence-electron chi connectivity index (χ3n) is 2.19. The maximum Gasteiger partial charge on any atom is 0.119 e. The van der Waals surface area contributed by atoms with Crippen LogP contribution in [0.15, 0.2) is 30.5 Å². The van der Waals surface area contributed by atoms with E-state index in [1.807, 2.05) is 24.3 Å². The summed E-state index contributed by atoms with van der Waals surface area (Å²) in [6.45, 7) is 2.85. The highest BCUT2D eigenvalue weighted by atomic mass is 16.5. The molecule has 16 heavy (non-hydrogen) atoms. The largest absolute Gasteiger partial charge is 0.497 e. The van der Waals surface area contributed by atoms with Gasteiger partial charge in [-0.15, -0.1) is 0 Å². The van der Waals surface area contributed by atoms with Crippen LogP contribution in [0.1, 0.15) is 18.9 Å². The topological polar surface area (TPSA) is 64.5 Å². The Morgan fingerprint density at radius 3 is 2.88 bits per heavy atom. The first-order valence-corrected chi connectivity index (χ1v) is 5.30. The van der Waals surface area contributed by atoms with Gasteiger partial charge in [0.1, 0.15) is 5.75 Å². The number of ether oxygens (including phenoxy) is 1. The average Bonchev–Trinajstić information content (AvgIpc) is 2.29. The standard InChI is InChI=1S/C12H19N3O/c1-3-7-15(14)9-12(13)10-5-4-6-11(8-10)16-2/h4-6,8-9H,3,7,13-14H2,1-2H3/b12-9-. The first-order valence-electron chi connectivity index (χ1n) is 5.30. The van der Waals surface area contributed by atoms with E-state index in [4.69, 9.17) is 16.3 Å². The summed E-state index contributed by atoms with van der Waals surface area (Å²) in [7, 11) is 1.63.